The van der Waals surface area contributed by atoms with Crippen LogP contribution in [0.3, 0.4) is 0 Å². The molecule has 0 aliphatic heterocycles. The van der Waals surface area contributed by atoms with Gasteiger partial charge in [-0.3, -0.25) is 9.59 Å². The minimum absolute atomic E-state index is 0.0239. The van der Waals surface area contributed by atoms with E-state index in [1.165, 1.54) is 42.5 Å². The standard InChI is InChI=1S/C20H15F3N2O3S/c1-12(26)14-3-2-4-15(9-14)24-18(27)10-16-11-29-19(25-16)13-5-7-17(8-6-13)28-20(21,22)23/h2-9,11H,10H2,1H3,(H,24,27). The molecule has 29 heavy (non-hydrogen) atoms. The van der Waals surface area contributed by atoms with E-state index in [1.807, 2.05) is 0 Å². The largest absolute Gasteiger partial charge is 0.573 e. The Balaban J connectivity index is 1.63. The highest BCUT2D eigenvalue weighted by atomic mass is 32.1. The maximum Gasteiger partial charge on any atom is 0.573 e. The number of ether oxygens (including phenoxy) is 1. The summed E-state index contributed by atoms with van der Waals surface area (Å²) in [7, 11) is 0. The highest BCUT2D eigenvalue weighted by molar-refractivity contribution is 7.13. The van der Waals surface area contributed by atoms with E-state index in [0.717, 1.165) is 0 Å². The van der Waals surface area contributed by atoms with Crippen molar-refractivity contribution in [2.45, 2.75) is 19.7 Å². The van der Waals surface area contributed by atoms with Gasteiger partial charge in [0.2, 0.25) is 5.91 Å². The smallest absolute Gasteiger partial charge is 0.406 e. The minimum atomic E-state index is -4.74. The molecule has 3 rings (SSSR count). The lowest BCUT2D eigenvalue weighted by Crippen LogP contribution is -2.16. The number of carbonyl (C=O) groups excluding carboxylic acids is 2. The highest BCUT2D eigenvalue weighted by Gasteiger charge is 2.31. The summed E-state index contributed by atoms with van der Waals surface area (Å²) in [6, 6.07) is 12.0. The van der Waals surface area contributed by atoms with Crippen LogP contribution in [-0.2, 0) is 11.2 Å². The Labute approximate surface area is 168 Å². The first-order valence-electron chi connectivity index (χ1n) is 8.41. The second-order valence-electron chi connectivity index (χ2n) is 6.08. The van der Waals surface area contributed by atoms with Gasteiger partial charge in [0, 0.05) is 22.2 Å². The lowest BCUT2D eigenvalue weighted by atomic mass is 10.1. The first-order valence-corrected chi connectivity index (χ1v) is 9.29. The normalized spacial score (nSPS) is 11.2. The lowest BCUT2D eigenvalue weighted by molar-refractivity contribution is -0.274. The van der Waals surface area contributed by atoms with Crippen molar-refractivity contribution in [3.05, 3.63) is 65.2 Å². The van der Waals surface area contributed by atoms with Gasteiger partial charge >= 0.3 is 6.36 Å². The third-order valence-corrected chi connectivity index (χ3v) is 4.72. The zero-order chi connectivity index (χ0) is 21.0. The number of anilines is 1. The van der Waals surface area contributed by atoms with E-state index >= 15 is 0 Å². The summed E-state index contributed by atoms with van der Waals surface area (Å²) in [5.74, 6) is -0.710. The molecule has 1 amide bonds. The van der Waals surface area contributed by atoms with Crippen LogP contribution in [0.15, 0.2) is 53.9 Å². The highest BCUT2D eigenvalue weighted by Crippen LogP contribution is 2.28. The number of benzene rings is 2. The molecule has 5 nitrogen and oxygen atoms in total. The van der Waals surface area contributed by atoms with E-state index in [4.69, 9.17) is 0 Å². The maximum atomic E-state index is 12.2. The number of nitrogens with one attached hydrogen (secondary N) is 1. The van der Waals surface area contributed by atoms with Crippen LogP contribution in [0.4, 0.5) is 18.9 Å². The van der Waals surface area contributed by atoms with Crippen molar-refractivity contribution in [1.29, 1.82) is 0 Å². The summed E-state index contributed by atoms with van der Waals surface area (Å²) in [6.45, 7) is 1.44. The summed E-state index contributed by atoms with van der Waals surface area (Å²) in [5.41, 5.74) is 2.15. The second-order valence-corrected chi connectivity index (χ2v) is 6.94. The van der Waals surface area contributed by atoms with E-state index in [0.29, 0.717) is 27.5 Å². The first-order chi connectivity index (χ1) is 13.7. The molecule has 9 heteroatoms. The molecule has 150 valence electrons. The summed E-state index contributed by atoms with van der Waals surface area (Å²) < 4.78 is 40.5. The van der Waals surface area contributed by atoms with Gasteiger partial charge in [-0.05, 0) is 43.3 Å². The van der Waals surface area contributed by atoms with Crippen LogP contribution < -0.4 is 10.1 Å². The Morgan fingerprint density at radius 3 is 2.52 bits per heavy atom. The number of Topliss-reactive ketones (excluding diaryl/α,β-unsaturated/α-hetero) is 1. The lowest BCUT2D eigenvalue weighted by Gasteiger charge is -2.08. The predicted octanol–water partition coefficient (Wildman–Crippen LogP) is 5.09. The van der Waals surface area contributed by atoms with Crippen LogP contribution in [-0.4, -0.2) is 23.0 Å². The van der Waals surface area contributed by atoms with Crippen LogP contribution in [0.5, 0.6) is 5.75 Å². The number of alkyl halides is 3. The Kier molecular flexibility index (Phi) is 5.97. The van der Waals surface area contributed by atoms with E-state index in [1.54, 1.807) is 29.6 Å². The van der Waals surface area contributed by atoms with Gasteiger partial charge in [-0.2, -0.15) is 0 Å². The van der Waals surface area contributed by atoms with Crippen molar-refractivity contribution in [2.75, 3.05) is 5.32 Å². The van der Waals surface area contributed by atoms with Crippen molar-refractivity contribution in [3.8, 4) is 16.3 Å². The third-order valence-electron chi connectivity index (χ3n) is 3.78. The van der Waals surface area contributed by atoms with E-state index in [-0.39, 0.29) is 23.9 Å². The van der Waals surface area contributed by atoms with Crippen LogP contribution in [0.2, 0.25) is 0 Å². The number of hydrogen-bond donors (Lipinski definition) is 1. The van der Waals surface area contributed by atoms with Gasteiger partial charge < -0.3 is 10.1 Å². The fourth-order valence-corrected chi connectivity index (χ4v) is 3.33. The summed E-state index contributed by atoms with van der Waals surface area (Å²) in [5, 5.41) is 5.00. The minimum Gasteiger partial charge on any atom is -0.406 e. The molecule has 0 unspecified atom stereocenters. The Hall–Kier alpha value is -3.20. The van der Waals surface area contributed by atoms with Crippen molar-refractivity contribution in [3.63, 3.8) is 0 Å². The fraction of sp³-hybridized carbons (Fsp3) is 0.150. The van der Waals surface area contributed by atoms with Gasteiger partial charge in [0.15, 0.2) is 5.78 Å². The zero-order valence-electron chi connectivity index (χ0n) is 15.1. The molecule has 0 saturated heterocycles. The third kappa shape index (κ3) is 5.89. The van der Waals surface area contributed by atoms with Crippen LogP contribution in [0.25, 0.3) is 10.6 Å². The molecule has 1 heterocycles. The number of aromatic nitrogens is 1. The molecule has 0 bridgehead atoms. The van der Waals surface area contributed by atoms with Crippen molar-refractivity contribution >= 4 is 28.7 Å². The molecule has 0 radical (unpaired) electrons. The van der Waals surface area contributed by atoms with Gasteiger partial charge in [0.25, 0.3) is 0 Å². The fourth-order valence-electron chi connectivity index (χ4n) is 2.51. The topological polar surface area (TPSA) is 68.3 Å². The number of hydrogen-bond acceptors (Lipinski definition) is 5. The Morgan fingerprint density at radius 1 is 1.14 bits per heavy atom. The number of rotatable bonds is 6. The first kappa shape index (κ1) is 20.5. The molecule has 3 aromatic rings. The summed E-state index contributed by atoms with van der Waals surface area (Å²) >= 11 is 1.28. The average molecular weight is 420 g/mol. The molecule has 0 atom stereocenters. The molecule has 0 spiro atoms. The van der Waals surface area contributed by atoms with Gasteiger partial charge in [-0.25, -0.2) is 4.98 Å². The summed E-state index contributed by atoms with van der Waals surface area (Å²) in [6.07, 6.45) is -4.72. The number of ketones is 1. The van der Waals surface area contributed by atoms with Gasteiger partial charge in [-0.15, -0.1) is 24.5 Å². The maximum absolute atomic E-state index is 12.2. The SMILES string of the molecule is CC(=O)c1cccc(NC(=O)Cc2csc(-c3ccc(OC(F)(F)F)cc3)n2)c1. The quantitative estimate of drug-likeness (QED) is 0.564. The number of amides is 1. The van der Waals surface area contributed by atoms with Gasteiger partial charge in [0.05, 0.1) is 12.1 Å². The van der Waals surface area contributed by atoms with Crippen molar-refractivity contribution in [2.24, 2.45) is 0 Å². The van der Waals surface area contributed by atoms with E-state index in [2.05, 4.69) is 15.0 Å². The van der Waals surface area contributed by atoms with Crippen molar-refractivity contribution in [1.82, 2.24) is 4.98 Å². The van der Waals surface area contributed by atoms with Crippen LogP contribution in [0, 0.1) is 0 Å². The number of thiazole rings is 1. The van der Waals surface area contributed by atoms with E-state index < -0.39 is 6.36 Å². The molecular formula is C20H15F3N2O3S. The van der Waals surface area contributed by atoms with Crippen LogP contribution in [0.1, 0.15) is 23.0 Å². The Morgan fingerprint density at radius 2 is 1.86 bits per heavy atom. The molecular weight excluding hydrogens is 405 g/mol. The van der Waals surface area contributed by atoms with E-state index in [9.17, 15) is 22.8 Å². The van der Waals surface area contributed by atoms with Gasteiger partial charge in [-0.1, -0.05) is 12.1 Å². The number of halogens is 3. The second kappa shape index (κ2) is 8.44. The van der Waals surface area contributed by atoms with Gasteiger partial charge in [0.1, 0.15) is 10.8 Å². The molecule has 0 fully saturated rings. The zero-order valence-corrected chi connectivity index (χ0v) is 15.9. The average Bonchev–Trinajstić information content (AvgIpc) is 3.09. The predicted molar refractivity (Wildman–Crippen MR) is 103 cm³/mol. The molecule has 1 N–H and O–H groups in total. The number of carbonyl (C=O) groups is 2. The number of nitrogens with zero attached hydrogens (tertiary/aromatic N) is 1. The molecule has 0 saturated carbocycles. The van der Waals surface area contributed by atoms with Crippen LogP contribution >= 0.6 is 11.3 Å². The Bertz CT molecular complexity index is 1030. The monoisotopic (exact) mass is 420 g/mol. The van der Waals surface area contributed by atoms with Crippen molar-refractivity contribution < 1.29 is 27.5 Å². The molecule has 2 aromatic carbocycles. The molecule has 0 aliphatic carbocycles. The molecule has 0 aliphatic rings. The molecule has 1 aromatic heterocycles. The summed E-state index contributed by atoms with van der Waals surface area (Å²) in [4.78, 5) is 28.0.